The summed E-state index contributed by atoms with van der Waals surface area (Å²) in [6, 6.07) is 11.7. The Kier molecular flexibility index (Phi) is 5.14. The minimum absolute atomic E-state index is 0.0224. The number of rotatable bonds is 7. The summed E-state index contributed by atoms with van der Waals surface area (Å²) >= 11 is 0. The van der Waals surface area contributed by atoms with Crippen molar-refractivity contribution in [3.8, 4) is 23.0 Å². The maximum absolute atomic E-state index is 13.0. The average Bonchev–Trinajstić information content (AvgIpc) is 3.24. The number of carbonyl (C=O) groups excluding carboxylic acids is 1. The molecule has 0 N–H and O–H groups in total. The summed E-state index contributed by atoms with van der Waals surface area (Å²) in [5, 5.41) is 8.24. The predicted molar refractivity (Wildman–Crippen MR) is 125 cm³/mol. The fourth-order valence-corrected chi connectivity index (χ4v) is 4.70. The van der Waals surface area contributed by atoms with Crippen LogP contribution in [-0.2, 0) is 21.7 Å². The van der Waals surface area contributed by atoms with E-state index in [1.54, 1.807) is 10.7 Å². The van der Waals surface area contributed by atoms with Crippen LogP contribution in [0.4, 0.5) is 19.4 Å². The molecule has 1 aliphatic carbocycles. The van der Waals surface area contributed by atoms with Gasteiger partial charge in [-0.15, -0.1) is 0 Å². The third-order valence-electron chi connectivity index (χ3n) is 6.01. The number of halogens is 5. The molecule has 0 spiro atoms. The summed E-state index contributed by atoms with van der Waals surface area (Å²) in [7, 11) is -9.77. The molecule has 4 aromatic rings. The minimum Gasteiger partial charge on any atom is -0.454 e. The van der Waals surface area contributed by atoms with Gasteiger partial charge in [0.15, 0.2) is 5.69 Å². The molecule has 196 valence electrons. The number of nitrogens with zero attached hydrogens (tertiary/aromatic N) is 4. The Labute approximate surface area is 208 Å². The Bertz CT molecular complexity index is 1510. The first kappa shape index (κ1) is 24.9. The Balaban J connectivity index is 1.35. The number of ether oxygens (including phenoxy) is 1. The molecule has 0 radical (unpaired) electrons. The summed E-state index contributed by atoms with van der Waals surface area (Å²) in [5.74, 6) is -0.372. The van der Waals surface area contributed by atoms with Crippen molar-refractivity contribution in [3.05, 3.63) is 71.4 Å². The van der Waals surface area contributed by atoms with Gasteiger partial charge < -0.3 is 9.26 Å². The van der Waals surface area contributed by atoms with E-state index in [4.69, 9.17) is 9.26 Å². The van der Waals surface area contributed by atoms with Crippen LogP contribution in [0, 0.1) is 6.92 Å². The number of hydrogen-bond acceptors (Lipinski definition) is 6. The fourth-order valence-electron chi connectivity index (χ4n) is 4.05. The van der Waals surface area contributed by atoms with Crippen LogP contribution in [0.25, 0.3) is 23.0 Å². The van der Waals surface area contributed by atoms with E-state index in [9.17, 15) is 24.2 Å². The van der Waals surface area contributed by atoms with Crippen molar-refractivity contribution in [3.63, 3.8) is 0 Å². The van der Waals surface area contributed by atoms with Gasteiger partial charge in [0, 0.05) is 18.2 Å². The fraction of sp³-hybridized carbons (Fsp3) is 0.250. The molecule has 0 unspecified atom stereocenters. The van der Waals surface area contributed by atoms with Crippen molar-refractivity contribution in [1.29, 1.82) is 0 Å². The molecule has 2 heterocycles. The average molecular weight is 541 g/mol. The zero-order valence-corrected chi connectivity index (χ0v) is 20.4. The van der Waals surface area contributed by atoms with Crippen LogP contribution >= 0.6 is 10.2 Å². The van der Waals surface area contributed by atoms with Crippen molar-refractivity contribution in [2.24, 2.45) is 0 Å². The van der Waals surface area contributed by atoms with E-state index in [-0.39, 0.29) is 23.2 Å². The van der Waals surface area contributed by atoms with E-state index in [1.165, 1.54) is 6.92 Å². The lowest BCUT2D eigenvalue weighted by Gasteiger charge is -2.40. The van der Waals surface area contributed by atoms with Crippen LogP contribution in [0.5, 0.6) is 0 Å². The van der Waals surface area contributed by atoms with E-state index in [2.05, 4.69) is 15.2 Å². The Morgan fingerprint density at radius 1 is 1.08 bits per heavy atom. The molecule has 2 aromatic heterocycles. The molecule has 0 aliphatic heterocycles. The van der Waals surface area contributed by atoms with Gasteiger partial charge in [-0.25, -0.2) is 0 Å². The van der Waals surface area contributed by atoms with Gasteiger partial charge in [0.05, 0.1) is 6.54 Å². The molecule has 0 atom stereocenters. The zero-order chi connectivity index (χ0) is 26.7. The Hall–Kier alpha value is -3.74. The van der Waals surface area contributed by atoms with Gasteiger partial charge in [0.1, 0.15) is 10.5 Å². The molecule has 5 rings (SSSR count). The number of aryl methyl sites for hydroxylation is 1. The van der Waals surface area contributed by atoms with Gasteiger partial charge in [0.25, 0.3) is 5.89 Å². The van der Waals surface area contributed by atoms with Crippen LogP contribution < -0.4 is 0 Å². The van der Waals surface area contributed by atoms with Gasteiger partial charge in [-0.1, -0.05) is 42.8 Å². The van der Waals surface area contributed by atoms with E-state index in [0.29, 0.717) is 24.4 Å². The van der Waals surface area contributed by atoms with E-state index in [1.807, 2.05) is 31.2 Å². The summed E-state index contributed by atoms with van der Waals surface area (Å²) in [4.78, 5) is 13.6. The molecule has 0 amide bonds. The highest BCUT2D eigenvalue weighted by atomic mass is 32.5. The molecular weight excluding hydrogens is 519 g/mol. The summed E-state index contributed by atoms with van der Waals surface area (Å²) in [6.07, 6.45) is 1.53. The highest BCUT2D eigenvalue weighted by molar-refractivity contribution is 8.45. The molecule has 0 bridgehead atoms. The quantitative estimate of drug-likeness (QED) is 0.183. The molecule has 2 aromatic carbocycles. The number of esters is 1. The Morgan fingerprint density at radius 3 is 2.41 bits per heavy atom. The number of benzene rings is 2. The molecule has 0 saturated heterocycles. The van der Waals surface area contributed by atoms with Gasteiger partial charge in [-0.2, -0.15) is 10.1 Å². The molecule has 1 saturated carbocycles. The monoisotopic (exact) mass is 540 g/mol. The van der Waals surface area contributed by atoms with Crippen LogP contribution in [0.2, 0.25) is 0 Å². The zero-order valence-electron chi connectivity index (χ0n) is 19.6. The smallest absolute Gasteiger partial charge is 0.310 e. The second-order valence-electron chi connectivity index (χ2n) is 9.03. The van der Waals surface area contributed by atoms with Crippen molar-refractivity contribution >= 4 is 16.2 Å². The SMILES string of the molecule is CC(=O)OC1(c2cccc(Cn3nc(-c4nc(-c5ccc(S(F)(F)(F)(F)F)cc5)no4)cc3C)c2)CC1. The van der Waals surface area contributed by atoms with Crippen molar-refractivity contribution in [2.45, 2.75) is 43.7 Å². The lowest BCUT2D eigenvalue weighted by Crippen LogP contribution is -2.16. The third-order valence-corrected chi connectivity index (χ3v) is 7.18. The second kappa shape index (κ2) is 7.63. The first-order chi connectivity index (χ1) is 17.1. The first-order valence-corrected chi connectivity index (χ1v) is 13.1. The number of carbonyl (C=O) groups is 1. The summed E-state index contributed by atoms with van der Waals surface area (Å²) in [5.41, 5.74) is 2.49. The number of aromatic nitrogens is 4. The molecule has 1 aliphatic rings. The van der Waals surface area contributed by atoms with Crippen molar-refractivity contribution in [1.82, 2.24) is 19.9 Å². The van der Waals surface area contributed by atoms with Crippen LogP contribution in [-0.4, -0.2) is 25.9 Å². The molecule has 13 heteroatoms. The van der Waals surface area contributed by atoms with E-state index >= 15 is 0 Å². The third kappa shape index (κ3) is 5.22. The van der Waals surface area contributed by atoms with Crippen molar-refractivity contribution in [2.75, 3.05) is 0 Å². The van der Waals surface area contributed by atoms with E-state index in [0.717, 1.165) is 41.8 Å². The summed E-state index contributed by atoms with van der Waals surface area (Å²) in [6.45, 7) is 3.63. The molecular formula is C24H21F5N4O3S. The maximum Gasteiger partial charge on any atom is 0.310 e. The highest BCUT2D eigenvalue weighted by Gasteiger charge is 2.65. The normalized spacial score (nSPS) is 16.6. The summed E-state index contributed by atoms with van der Waals surface area (Å²) < 4.78 is 77.2. The molecule has 1 fully saturated rings. The van der Waals surface area contributed by atoms with Crippen LogP contribution in [0.3, 0.4) is 0 Å². The molecule has 7 nitrogen and oxygen atoms in total. The topological polar surface area (TPSA) is 83.0 Å². The van der Waals surface area contributed by atoms with E-state index < -0.39 is 20.7 Å². The van der Waals surface area contributed by atoms with Crippen LogP contribution in [0.15, 0.2) is 64.0 Å². The highest BCUT2D eigenvalue weighted by Crippen LogP contribution is 3.02. The Morgan fingerprint density at radius 2 is 1.78 bits per heavy atom. The predicted octanol–water partition coefficient (Wildman–Crippen LogP) is 7.17. The first-order valence-electron chi connectivity index (χ1n) is 11.1. The number of hydrogen-bond donors (Lipinski definition) is 0. The lowest BCUT2D eigenvalue weighted by molar-refractivity contribution is -0.149. The van der Waals surface area contributed by atoms with Gasteiger partial charge >= 0.3 is 16.2 Å². The van der Waals surface area contributed by atoms with Crippen LogP contribution in [0.1, 0.15) is 36.6 Å². The van der Waals surface area contributed by atoms with Gasteiger partial charge in [-0.3, -0.25) is 9.48 Å². The molecule has 37 heavy (non-hydrogen) atoms. The minimum atomic E-state index is -9.77. The second-order valence-corrected chi connectivity index (χ2v) is 11.4. The lowest BCUT2D eigenvalue weighted by atomic mass is 10.0. The maximum atomic E-state index is 13.0. The largest absolute Gasteiger partial charge is 0.454 e. The van der Waals surface area contributed by atoms with Gasteiger partial charge in [-0.05, 0) is 67.3 Å². The van der Waals surface area contributed by atoms with Crippen molar-refractivity contribution < 1.29 is 33.5 Å². The van der Waals surface area contributed by atoms with Gasteiger partial charge in [0.2, 0.25) is 5.82 Å². The standard InChI is InChI=1S/C24H21F5N4O3S/c1-15-12-21(23-30-22(32-36-23)18-6-8-20(9-7-18)37(25,26,27,28)29)31-33(15)14-17-4-3-5-19(13-17)24(10-11-24)35-16(2)34/h3-9,12-13H,10-11,14H2,1-2H3.